The Morgan fingerprint density at radius 1 is 1.15 bits per heavy atom. The van der Waals surface area contributed by atoms with E-state index in [-0.39, 0.29) is 0 Å². The molecule has 1 N–H and O–H groups in total. The van der Waals surface area contributed by atoms with E-state index in [1.54, 1.807) is 0 Å². The Bertz CT molecular complexity index is 891. The van der Waals surface area contributed by atoms with E-state index in [0.717, 1.165) is 46.9 Å². The number of hydrogen-bond donors (Lipinski definition) is 1. The summed E-state index contributed by atoms with van der Waals surface area (Å²) in [6.45, 7) is 4.22. The van der Waals surface area contributed by atoms with Gasteiger partial charge in [-0.1, -0.05) is 26.2 Å². The van der Waals surface area contributed by atoms with Crippen LogP contribution in [0.2, 0.25) is 0 Å². The molecule has 0 amide bonds. The van der Waals surface area contributed by atoms with Gasteiger partial charge >= 0.3 is 0 Å². The molecule has 1 aliphatic rings. The van der Waals surface area contributed by atoms with E-state index in [4.69, 9.17) is 5.10 Å². The van der Waals surface area contributed by atoms with Crippen molar-refractivity contribution in [3.8, 4) is 16.8 Å². The third-order valence-corrected chi connectivity index (χ3v) is 5.25. The summed E-state index contributed by atoms with van der Waals surface area (Å²) in [5, 5.41) is 8.25. The smallest absolute Gasteiger partial charge is 0.126 e. The first kappa shape index (κ1) is 17.7. The molecule has 27 heavy (non-hydrogen) atoms. The van der Waals surface area contributed by atoms with Gasteiger partial charge in [-0.15, -0.1) is 0 Å². The molecule has 0 bridgehead atoms. The quantitative estimate of drug-likeness (QED) is 0.675. The number of hydrogen-bond acceptors (Lipinski definition) is 4. The molecule has 1 aliphatic carbocycles. The number of anilines is 1. The number of aromatic nitrogens is 4. The van der Waals surface area contributed by atoms with Crippen molar-refractivity contribution in [1.82, 2.24) is 19.7 Å². The Labute approximate surface area is 160 Å². The maximum atomic E-state index is 4.71. The van der Waals surface area contributed by atoms with Gasteiger partial charge in [0, 0.05) is 41.5 Å². The van der Waals surface area contributed by atoms with E-state index < -0.39 is 0 Å². The second kappa shape index (κ2) is 7.91. The van der Waals surface area contributed by atoms with E-state index in [9.17, 15) is 0 Å². The summed E-state index contributed by atoms with van der Waals surface area (Å²) in [4.78, 5) is 9.06. The van der Waals surface area contributed by atoms with Crippen molar-refractivity contribution < 1.29 is 0 Å². The Morgan fingerprint density at radius 2 is 2.00 bits per heavy atom. The average molecular weight is 361 g/mol. The zero-order valence-electron chi connectivity index (χ0n) is 16.2. The molecular formula is C22H27N5. The summed E-state index contributed by atoms with van der Waals surface area (Å²) < 4.78 is 1.94. The lowest BCUT2D eigenvalue weighted by atomic mass is 10.1. The number of nitrogens with zero attached hydrogens (tertiary/aromatic N) is 4. The first-order valence-electron chi connectivity index (χ1n) is 9.97. The third kappa shape index (κ3) is 4.02. The molecule has 0 atom stereocenters. The molecule has 3 heterocycles. The lowest BCUT2D eigenvalue weighted by Crippen LogP contribution is -2.15. The molecule has 5 heteroatoms. The lowest BCUT2D eigenvalue weighted by molar-refractivity contribution is 0.750. The van der Waals surface area contributed by atoms with Crippen molar-refractivity contribution in [1.29, 1.82) is 0 Å². The normalized spacial score (nSPS) is 14.6. The van der Waals surface area contributed by atoms with E-state index >= 15 is 0 Å². The number of nitrogens with one attached hydrogen (secondary N) is 1. The molecule has 1 saturated carbocycles. The van der Waals surface area contributed by atoms with Gasteiger partial charge in [0.05, 0.1) is 11.4 Å². The Balaban J connectivity index is 1.55. The van der Waals surface area contributed by atoms with Crippen LogP contribution in [-0.4, -0.2) is 25.8 Å². The fraction of sp³-hybridized carbons (Fsp3) is 0.409. The summed E-state index contributed by atoms with van der Waals surface area (Å²) in [5.41, 5.74) is 5.37. The first-order valence-corrected chi connectivity index (χ1v) is 9.97. The van der Waals surface area contributed by atoms with Crippen LogP contribution in [0, 0.1) is 6.92 Å². The fourth-order valence-electron chi connectivity index (χ4n) is 3.79. The van der Waals surface area contributed by atoms with Gasteiger partial charge in [0.1, 0.15) is 5.82 Å². The highest BCUT2D eigenvalue weighted by molar-refractivity contribution is 5.66. The molecule has 1 fully saturated rings. The monoisotopic (exact) mass is 361 g/mol. The standard InChI is InChI=1S/C22H27N5/c1-3-6-19-13-20(11-12-23-19)27-15-21(16(2)26-27)17-9-10-22(24-14-17)25-18-7-4-5-8-18/h9-15,18H,3-8H2,1-2H3,(H,24,25). The van der Waals surface area contributed by atoms with Crippen molar-refractivity contribution in [2.75, 3.05) is 5.32 Å². The Morgan fingerprint density at radius 3 is 2.74 bits per heavy atom. The number of aryl methyl sites for hydroxylation is 2. The molecule has 0 radical (unpaired) electrons. The van der Waals surface area contributed by atoms with Crippen molar-refractivity contribution >= 4 is 5.82 Å². The lowest BCUT2D eigenvalue weighted by Gasteiger charge is -2.12. The number of pyridine rings is 2. The van der Waals surface area contributed by atoms with Crippen LogP contribution < -0.4 is 5.32 Å². The molecule has 0 aliphatic heterocycles. The molecule has 3 aromatic rings. The third-order valence-electron chi connectivity index (χ3n) is 5.25. The second-order valence-electron chi connectivity index (χ2n) is 7.39. The summed E-state index contributed by atoms with van der Waals surface area (Å²) >= 11 is 0. The maximum absolute atomic E-state index is 4.71. The summed E-state index contributed by atoms with van der Waals surface area (Å²) in [6, 6.07) is 8.91. The van der Waals surface area contributed by atoms with Crippen LogP contribution in [0.4, 0.5) is 5.82 Å². The van der Waals surface area contributed by atoms with Crippen molar-refractivity contribution in [2.24, 2.45) is 0 Å². The van der Waals surface area contributed by atoms with Crippen LogP contribution >= 0.6 is 0 Å². The van der Waals surface area contributed by atoms with Gasteiger partial charge in [0.25, 0.3) is 0 Å². The zero-order valence-corrected chi connectivity index (χ0v) is 16.2. The highest BCUT2D eigenvalue weighted by Crippen LogP contribution is 2.26. The van der Waals surface area contributed by atoms with Gasteiger partial charge in [-0.3, -0.25) is 4.98 Å². The average Bonchev–Trinajstić information content (AvgIpc) is 3.33. The molecule has 140 valence electrons. The predicted molar refractivity (Wildman–Crippen MR) is 109 cm³/mol. The van der Waals surface area contributed by atoms with E-state index in [0.29, 0.717) is 6.04 Å². The SMILES string of the molecule is CCCc1cc(-n2cc(-c3ccc(NC4CCCC4)nc3)c(C)n2)ccn1. The minimum atomic E-state index is 0.580. The zero-order chi connectivity index (χ0) is 18.6. The molecule has 3 aromatic heterocycles. The minimum Gasteiger partial charge on any atom is -0.367 e. The number of rotatable bonds is 6. The molecule has 5 nitrogen and oxygen atoms in total. The van der Waals surface area contributed by atoms with E-state index in [1.807, 2.05) is 30.1 Å². The summed E-state index contributed by atoms with van der Waals surface area (Å²) in [5.74, 6) is 0.967. The first-order chi connectivity index (χ1) is 13.2. The maximum Gasteiger partial charge on any atom is 0.126 e. The molecule has 0 saturated heterocycles. The van der Waals surface area contributed by atoms with Gasteiger partial charge in [0.15, 0.2) is 0 Å². The Kier molecular flexibility index (Phi) is 5.19. The van der Waals surface area contributed by atoms with Crippen LogP contribution in [0.15, 0.2) is 42.9 Å². The summed E-state index contributed by atoms with van der Waals surface area (Å²) in [7, 11) is 0. The molecule has 0 aromatic carbocycles. The predicted octanol–water partition coefficient (Wildman–Crippen LogP) is 4.94. The van der Waals surface area contributed by atoms with Gasteiger partial charge in [0.2, 0.25) is 0 Å². The van der Waals surface area contributed by atoms with Gasteiger partial charge in [-0.05, 0) is 50.5 Å². The fourth-order valence-corrected chi connectivity index (χ4v) is 3.79. The Hall–Kier alpha value is -2.69. The second-order valence-corrected chi connectivity index (χ2v) is 7.39. The van der Waals surface area contributed by atoms with Crippen LogP contribution in [0.3, 0.4) is 0 Å². The largest absolute Gasteiger partial charge is 0.367 e. The minimum absolute atomic E-state index is 0.580. The van der Waals surface area contributed by atoms with E-state index in [1.165, 1.54) is 25.7 Å². The van der Waals surface area contributed by atoms with Crippen LogP contribution in [0.5, 0.6) is 0 Å². The van der Waals surface area contributed by atoms with Gasteiger partial charge in [-0.25, -0.2) is 9.67 Å². The summed E-state index contributed by atoms with van der Waals surface area (Å²) in [6.07, 6.45) is 13.1. The van der Waals surface area contributed by atoms with Crippen molar-refractivity contribution in [3.05, 3.63) is 54.2 Å². The molecule has 0 unspecified atom stereocenters. The molecule has 4 rings (SSSR count). The highest BCUT2D eigenvalue weighted by Gasteiger charge is 2.15. The van der Waals surface area contributed by atoms with E-state index in [2.05, 4.69) is 46.6 Å². The van der Waals surface area contributed by atoms with Crippen LogP contribution in [0.1, 0.15) is 50.4 Å². The van der Waals surface area contributed by atoms with Crippen LogP contribution in [0.25, 0.3) is 16.8 Å². The van der Waals surface area contributed by atoms with Crippen molar-refractivity contribution in [3.63, 3.8) is 0 Å². The van der Waals surface area contributed by atoms with Gasteiger partial charge < -0.3 is 5.32 Å². The van der Waals surface area contributed by atoms with Crippen molar-refractivity contribution in [2.45, 2.75) is 58.4 Å². The topological polar surface area (TPSA) is 55.6 Å². The molecular weight excluding hydrogens is 334 g/mol. The van der Waals surface area contributed by atoms with Gasteiger partial charge in [-0.2, -0.15) is 5.10 Å². The highest BCUT2D eigenvalue weighted by atomic mass is 15.3. The molecule has 0 spiro atoms. The van der Waals surface area contributed by atoms with Crippen LogP contribution in [-0.2, 0) is 6.42 Å².